The van der Waals surface area contributed by atoms with Gasteiger partial charge in [0.25, 0.3) is 5.91 Å². The molecule has 3 fully saturated rings. The fraction of sp³-hybridized carbons (Fsp3) is 0.706. The van der Waals surface area contributed by atoms with Crippen molar-refractivity contribution in [3.63, 3.8) is 0 Å². The Bertz CT molecular complexity index is 826. The lowest BCUT2D eigenvalue weighted by molar-refractivity contribution is -0.133. The summed E-state index contributed by atoms with van der Waals surface area (Å²) in [5.74, 6) is 0.537. The van der Waals surface area contributed by atoms with Crippen LogP contribution in [0.25, 0.3) is 0 Å². The van der Waals surface area contributed by atoms with Crippen molar-refractivity contribution in [2.24, 2.45) is 5.92 Å². The minimum Gasteiger partial charge on any atom is -0.464 e. The highest BCUT2D eigenvalue weighted by Crippen LogP contribution is 2.36. The van der Waals surface area contributed by atoms with E-state index >= 15 is 0 Å². The third-order valence-electron chi connectivity index (χ3n) is 5.72. The molecule has 3 aliphatic rings. The van der Waals surface area contributed by atoms with Crippen molar-refractivity contribution >= 4 is 15.9 Å². The Morgan fingerprint density at radius 2 is 2.00 bits per heavy atom. The maximum absolute atomic E-state index is 13.0. The van der Waals surface area contributed by atoms with Crippen molar-refractivity contribution in [3.8, 4) is 5.88 Å². The standard InChI is InChI=1S/C17H24N4O5S/c1-11-18-6-3-15(19-11)26-16-13-9-21(10-14(13)20(2)17(16)22)27(23,24)12-4-7-25-8-5-12/h3,6,12-14,16H,4-5,7-10H2,1-2H3/t13-,14+,16-/m0/s1. The zero-order valence-corrected chi connectivity index (χ0v) is 16.3. The monoisotopic (exact) mass is 396 g/mol. The second-order valence-electron chi connectivity index (χ2n) is 7.33. The van der Waals surface area contributed by atoms with Crippen LogP contribution < -0.4 is 4.74 Å². The summed E-state index contributed by atoms with van der Waals surface area (Å²) in [6, 6.07) is 1.43. The quantitative estimate of drug-likeness (QED) is 0.695. The third kappa shape index (κ3) is 3.30. The second kappa shape index (κ2) is 6.99. The molecule has 0 aromatic carbocycles. The molecule has 27 heavy (non-hydrogen) atoms. The molecule has 4 heterocycles. The summed E-state index contributed by atoms with van der Waals surface area (Å²) in [5, 5.41) is -0.407. The molecule has 1 aromatic rings. The molecule has 3 atom stereocenters. The van der Waals surface area contributed by atoms with Gasteiger partial charge in [0, 0.05) is 51.5 Å². The van der Waals surface area contributed by atoms with Gasteiger partial charge in [0.15, 0.2) is 6.10 Å². The molecule has 9 nitrogen and oxygen atoms in total. The van der Waals surface area contributed by atoms with Crippen LogP contribution in [0.2, 0.25) is 0 Å². The normalized spacial score (nSPS) is 29.9. The van der Waals surface area contributed by atoms with Crippen LogP contribution in [0, 0.1) is 12.8 Å². The van der Waals surface area contributed by atoms with Gasteiger partial charge in [0.2, 0.25) is 15.9 Å². The lowest BCUT2D eigenvalue weighted by Crippen LogP contribution is -2.44. The second-order valence-corrected chi connectivity index (χ2v) is 9.55. The smallest absolute Gasteiger partial charge is 0.264 e. The van der Waals surface area contributed by atoms with Gasteiger partial charge in [-0.1, -0.05) is 0 Å². The first kappa shape index (κ1) is 18.6. The minimum atomic E-state index is -3.41. The molecular weight excluding hydrogens is 372 g/mol. The van der Waals surface area contributed by atoms with Crippen molar-refractivity contribution < 1.29 is 22.7 Å². The van der Waals surface area contributed by atoms with Crippen molar-refractivity contribution in [2.45, 2.75) is 37.2 Å². The number of aryl methyl sites for hydroxylation is 1. The first-order valence-corrected chi connectivity index (χ1v) is 10.7. The van der Waals surface area contributed by atoms with Crippen LogP contribution >= 0.6 is 0 Å². The number of likely N-dealkylation sites (tertiary alicyclic amines) is 1. The van der Waals surface area contributed by atoms with Crippen LogP contribution in [-0.2, 0) is 19.6 Å². The summed E-state index contributed by atoms with van der Waals surface area (Å²) < 4.78 is 38.7. The topological polar surface area (TPSA) is 102 Å². The van der Waals surface area contributed by atoms with Gasteiger partial charge in [0.05, 0.1) is 11.3 Å². The maximum atomic E-state index is 13.0. The highest BCUT2D eigenvalue weighted by molar-refractivity contribution is 7.89. The molecule has 1 aromatic heterocycles. The van der Waals surface area contributed by atoms with Gasteiger partial charge in [-0.15, -0.1) is 0 Å². The first-order chi connectivity index (χ1) is 12.9. The molecule has 3 saturated heterocycles. The minimum absolute atomic E-state index is 0.135. The molecule has 0 unspecified atom stereocenters. The van der Waals surface area contributed by atoms with E-state index in [0.717, 1.165) is 0 Å². The Hall–Kier alpha value is -1.78. The Morgan fingerprint density at radius 3 is 2.70 bits per heavy atom. The van der Waals surface area contributed by atoms with E-state index in [2.05, 4.69) is 9.97 Å². The number of likely N-dealkylation sites (N-methyl/N-ethyl adjacent to an activating group) is 1. The van der Waals surface area contributed by atoms with E-state index in [1.54, 1.807) is 31.1 Å². The van der Waals surface area contributed by atoms with Gasteiger partial charge in [-0.05, 0) is 19.8 Å². The molecule has 0 radical (unpaired) electrons. The van der Waals surface area contributed by atoms with E-state index in [1.165, 1.54) is 4.31 Å². The number of carbonyl (C=O) groups excluding carboxylic acids is 1. The molecule has 0 spiro atoms. The Morgan fingerprint density at radius 1 is 1.26 bits per heavy atom. The van der Waals surface area contributed by atoms with Crippen molar-refractivity contribution in [2.75, 3.05) is 33.4 Å². The van der Waals surface area contributed by atoms with Gasteiger partial charge < -0.3 is 14.4 Å². The third-order valence-corrected chi connectivity index (χ3v) is 8.06. The zero-order valence-electron chi connectivity index (χ0n) is 15.4. The van der Waals surface area contributed by atoms with Gasteiger partial charge in [0.1, 0.15) is 5.82 Å². The number of rotatable bonds is 4. The van der Waals surface area contributed by atoms with Crippen LogP contribution in [0.1, 0.15) is 18.7 Å². The Balaban J connectivity index is 1.53. The molecule has 0 N–H and O–H groups in total. The van der Waals surface area contributed by atoms with E-state index in [1.807, 2.05) is 0 Å². The number of ether oxygens (including phenoxy) is 2. The predicted molar refractivity (Wildman–Crippen MR) is 95.6 cm³/mol. The molecule has 3 aliphatic heterocycles. The fourth-order valence-corrected chi connectivity index (χ4v) is 6.14. The summed E-state index contributed by atoms with van der Waals surface area (Å²) in [7, 11) is -1.71. The molecule has 1 amide bonds. The van der Waals surface area contributed by atoms with E-state index < -0.39 is 21.4 Å². The van der Waals surface area contributed by atoms with Gasteiger partial charge in [-0.25, -0.2) is 13.4 Å². The van der Waals surface area contributed by atoms with E-state index in [-0.39, 0.29) is 24.4 Å². The molecule has 4 rings (SSSR count). The average molecular weight is 396 g/mol. The van der Waals surface area contributed by atoms with Crippen molar-refractivity contribution in [1.29, 1.82) is 0 Å². The van der Waals surface area contributed by atoms with Crippen LogP contribution in [0.15, 0.2) is 12.3 Å². The van der Waals surface area contributed by atoms with Crippen LogP contribution in [-0.4, -0.2) is 84.2 Å². The number of nitrogens with zero attached hydrogens (tertiary/aromatic N) is 4. The van der Waals surface area contributed by atoms with E-state index in [4.69, 9.17) is 9.47 Å². The van der Waals surface area contributed by atoms with Crippen LogP contribution in [0.5, 0.6) is 5.88 Å². The van der Waals surface area contributed by atoms with Crippen LogP contribution in [0.4, 0.5) is 0 Å². The zero-order chi connectivity index (χ0) is 19.2. The Kier molecular flexibility index (Phi) is 4.81. The first-order valence-electron chi connectivity index (χ1n) is 9.17. The van der Waals surface area contributed by atoms with Gasteiger partial charge in [-0.3, -0.25) is 4.79 Å². The number of aromatic nitrogens is 2. The summed E-state index contributed by atoms with van der Waals surface area (Å²) in [4.78, 5) is 22.5. The summed E-state index contributed by atoms with van der Waals surface area (Å²) in [5.41, 5.74) is 0. The maximum Gasteiger partial charge on any atom is 0.264 e. The SMILES string of the molecule is Cc1nccc(O[C@@H]2C(=O)N(C)[C@@H]3CN(S(=O)(=O)C4CCOCC4)C[C@H]23)n1. The van der Waals surface area contributed by atoms with E-state index in [9.17, 15) is 13.2 Å². The molecule has 10 heteroatoms. The number of amides is 1. The largest absolute Gasteiger partial charge is 0.464 e. The molecule has 148 valence electrons. The molecule has 0 aliphatic carbocycles. The number of carbonyl (C=O) groups is 1. The van der Waals surface area contributed by atoms with Gasteiger partial charge in [-0.2, -0.15) is 9.29 Å². The van der Waals surface area contributed by atoms with Crippen molar-refractivity contribution in [1.82, 2.24) is 19.2 Å². The Labute approximate surface area is 158 Å². The van der Waals surface area contributed by atoms with Crippen LogP contribution in [0.3, 0.4) is 0 Å². The predicted octanol–water partition coefficient (Wildman–Crippen LogP) is -0.186. The number of fused-ring (bicyclic) bond motifs is 1. The van der Waals surface area contributed by atoms with Crippen molar-refractivity contribution in [3.05, 3.63) is 18.1 Å². The van der Waals surface area contributed by atoms with E-state index in [0.29, 0.717) is 44.3 Å². The summed E-state index contributed by atoms with van der Waals surface area (Å²) in [6.45, 7) is 3.30. The molecule has 0 saturated carbocycles. The summed E-state index contributed by atoms with van der Waals surface area (Å²) >= 11 is 0. The average Bonchev–Trinajstić information content (AvgIpc) is 3.19. The highest BCUT2D eigenvalue weighted by atomic mass is 32.2. The van der Waals surface area contributed by atoms with Gasteiger partial charge >= 0.3 is 0 Å². The lowest BCUT2D eigenvalue weighted by Gasteiger charge is -2.28. The lowest BCUT2D eigenvalue weighted by atomic mass is 10.0. The number of sulfonamides is 1. The highest BCUT2D eigenvalue weighted by Gasteiger charge is 2.55. The number of hydrogen-bond donors (Lipinski definition) is 0. The summed E-state index contributed by atoms with van der Waals surface area (Å²) in [6.07, 6.45) is 1.88. The molecular formula is C17H24N4O5S. The number of hydrogen-bond acceptors (Lipinski definition) is 7. The fourth-order valence-electron chi connectivity index (χ4n) is 4.19. The molecule has 0 bridgehead atoms.